The molecule has 0 aliphatic heterocycles. The molecule has 1 fully saturated rings. The number of carbonyl (C=O) groups excluding carboxylic acids is 2. The van der Waals surface area contributed by atoms with Gasteiger partial charge >= 0.3 is 0 Å². The molecule has 2 aromatic heterocycles. The van der Waals surface area contributed by atoms with Gasteiger partial charge < -0.3 is 20.0 Å². The number of oxazole rings is 1. The summed E-state index contributed by atoms with van der Waals surface area (Å²) in [6, 6.07) is 7.50. The van der Waals surface area contributed by atoms with Crippen molar-refractivity contribution in [1.29, 1.82) is 0 Å². The van der Waals surface area contributed by atoms with Gasteiger partial charge in [0.1, 0.15) is 0 Å². The maximum Gasteiger partial charge on any atom is 0.289 e. The van der Waals surface area contributed by atoms with Crippen molar-refractivity contribution in [2.45, 2.75) is 59.0 Å². The molecule has 0 bridgehead atoms. The number of aromatic amines is 1. The third-order valence-electron chi connectivity index (χ3n) is 5.70. The Morgan fingerprint density at radius 2 is 1.85 bits per heavy atom. The van der Waals surface area contributed by atoms with Crippen molar-refractivity contribution in [1.82, 2.24) is 30.8 Å². The second kappa shape index (κ2) is 9.56. The summed E-state index contributed by atoms with van der Waals surface area (Å²) in [5, 5.41) is 14.0. The first-order chi connectivity index (χ1) is 15.8. The highest BCUT2D eigenvalue weighted by Crippen LogP contribution is 2.32. The molecule has 4 rings (SSSR count). The number of carbonyl (C=O) groups is 2. The van der Waals surface area contributed by atoms with E-state index in [0.29, 0.717) is 29.1 Å². The van der Waals surface area contributed by atoms with E-state index in [2.05, 4.69) is 44.6 Å². The van der Waals surface area contributed by atoms with Crippen molar-refractivity contribution < 1.29 is 14.0 Å². The standard InChI is InChI=1S/C24H30N6O3/c1-13(2)10-14(3)26-22(31)19-12-25-24(33-19)18-7-5-6-17(11-18)20-28-21(30-29-20)23(32)27-15(4)16-8-9-16/h5-7,11-16H,8-10H2,1-4H3,(H,26,31)(H,27,32)(H,28,29,30). The minimum absolute atomic E-state index is 0.0412. The van der Waals surface area contributed by atoms with Gasteiger partial charge in [-0.1, -0.05) is 26.0 Å². The van der Waals surface area contributed by atoms with Crippen LogP contribution >= 0.6 is 0 Å². The highest BCUT2D eigenvalue weighted by molar-refractivity contribution is 5.92. The third kappa shape index (κ3) is 5.66. The van der Waals surface area contributed by atoms with Crippen LogP contribution in [0.3, 0.4) is 0 Å². The number of rotatable bonds is 9. The second-order valence-corrected chi connectivity index (χ2v) is 9.24. The van der Waals surface area contributed by atoms with Crippen LogP contribution in [0, 0.1) is 11.8 Å². The van der Waals surface area contributed by atoms with Crippen molar-refractivity contribution in [3.8, 4) is 22.8 Å². The van der Waals surface area contributed by atoms with Gasteiger partial charge in [0.05, 0.1) is 6.20 Å². The Morgan fingerprint density at radius 3 is 2.58 bits per heavy atom. The normalized spacial score (nSPS) is 15.3. The van der Waals surface area contributed by atoms with Crippen molar-refractivity contribution in [2.75, 3.05) is 0 Å². The molecule has 0 spiro atoms. The average Bonchev–Trinajstić information content (AvgIpc) is 3.30. The van der Waals surface area contributed by atoms with Crippen LogP contribution in [-0.4, -0.2) is 44.1 Å². The highest BCUT2D eigenvalue weighted by atomic mass is 16.4. The molecular weight excluding hydrogens is 420 g/mol. The van der Waals surface area contributed by atoms with Crippen LogP contribution in [0.25, 0.3) is 22.8 Å². The molecule has 1 aliphatic rings. The number of hydrogen-bond donors (Lipinski definition) is 3. The zero-order chi connectivity index (χ0) is 23.5. The van der Waals surface area contributed by atoms with Crippen LogP contribution < -0.4 is 10.6 Å². The molecule has 2 amide bonds. The lowest BCUT2D eigenvalue weighted by molar-refractivity contribution is 0.0905. The number of benzene rings is 1. The molecule has 1 saturated carbocycles. The summed E-state index contributed by atoms with van der Waals surface area (Å²) in [5.74, 6) is 1.62. The Labute approximate surface area is 192 Å². The number of hydrogen-bond acceptors (Lipinski definition) is 6. The summed E-state index contributed by atoms with van der Waals surface area (Å²) in [6.07, 6.45) is 4.61. The molecule has 9 nitrogen and oxygen atoms in total. The molecule has 2 atom stereocenters. The molecule has 2 heterocycles. The predicted octanol–water partition coefficient (Wildman–Crippen LogP) is 3.82. The fraction of sp³-hybridized carbons (Fsp3) is 0.458. The molecule has 1 aliphatic carbocycles. The van der Waals surface area contributed by atoms with Gasteiger partial charge in [0.25, 0.3) is 11.8 Å². The minimum Gasteiger partial charge on any atom is -0.431 e. The van der Waals surface area contributed by atoms with Crippen LogP contribution in [0.5, 0.6) is 0 Å². The number of nitrogens with zero attached hydrogens (tertiary/aromatic N) is 3. The Bertz CT molecular complexity index is 1130. The summed E-state index contributed by atoms with van der Waals surface area (Å²) < 4.78 is 5.71. The molecule has 174 valence electrons. The summed E-state index contributed by atoms with van der Waals surface area (Å²) >= 11 is 0. The summed E-state index contributed by atoms with van der Waals surface area (Å²) in [4.78, 5) is 32.1. The number of amides is 2. The minimum atomic E-state index is -0.288. The predicted molar refractivity (Wildman–Crippen MR) is 123 cm³/mol. The molecule has 3 aromatic rings. The first-order valence-electron chi connectivity index (χ1n) is 11.4. The fourth-order valence-corrected chi connectivity index (χ4v) is 3.86. The van der Waals surface area contributed by atoms with Crippen molar-refractivity contribution in [2.24, 2.45) is 11.8 Å². The summed E-state index contributed by atoms with van der Waals surface area (Å²) in [6.45, 7) is 8.20. The van der Waals surface area contributed by atoms with Gasteiger partial charge in [-0.15, -0.1) is 10.2 Å². The van der Waals surface area contributed by atoms with E-state index in [1.165, 1.54) is 6.20 Å². The van der Waals surface area contributed by atoms with E-state index in [1.807, 2.05) is 38.1 Å². The van der Waals surface area contributed by atoms with E-state index in [0.717, 1.165) is 24.8 Å². The smallest absolute Gasteiger partial charge is 0.289 e. The molecule has 3 N–H and O–H groups in total. The zero-order valence-electron chi connectivity index (χ0n) is 19.4. The summed E-state index contributed by atoms with van der Waals surface area (Å²) in [5.41, 5.74) is 1.41. The third-order valence-corrected chi connectivity index (χ3v) is 5.70. The van der Waals surface area contributed by atoms with E-state index in [4.69, 9.17) is 4.42 Å². The molecule has 9 heteroatoms. The van der Waals surface area contributed by atoms with Gasteiger partial charge in [-0.05, 0) is 57.1 Å². The monoisotopic (exact) mass is 450 g/mol. The van der Waals surface area contributed by atoms with Crippen LogP contribution in [0.4, 0.5) is 0 Å². The highest BCUT2D eigenvalue weighted by Gasteiger charge is 2.29. The van der Waals surface area contributed by atoms with Crippen LogP contribution in [0.15, 0.2) is 34.9 Å². The first-order valence-corrected chi connectivity index (χ1v) is 11.4. The first kappa shape index (κ1) is 22.7. The number of aromatic nitrogens is 4. The van der Waals surface area contributed by atoms with Gasteiger partial charge in [-0.2, -0.15) is 0 Å². The molecule has 1 aromatic carbocycles. The largest absolute Gasteiger partial charge is 0.431 e. The van der Waals surface area contributed by atoms with Gasteiger partial charge in [0.2, 0.25) is 17.5 Å². The Balaban J connectivity index is 1.45. The van der Waals surface area contributed by atoms with Crippen LogP contribution in [0.1, 0.15) is 68.1 Å². The van der Waals surface area contributed by atoms with E-state index >= 15 is 0 Å². The Hall–Kier alpha value is -3.49. The number of H-pyrrole nitrogens is 1. The maximum atomic E-state index is 12.5. The second-order valence-electron chi connectivity index (χ2n) is 9.24. The SMILES string of the molecule is CC(C)CC(C)NC(=O)c1cnc(-c2cccc(-c3nnc(C(=O)NC(C)C4CC4)[nH]3)c2)o1. The van der Waals surface area contributed by atoms with E-state index in [9.17, 15) is 9.59 Å². The topological polar surface area (TPSA) is 126 Å². The maximum absolute atomic E-state index is 12.5. The van der Waals surface area contributed by atoms with Crippen molar-refractivity contribution in [3.63, 3.8) is 0 Å². The van der Waals surface area contributed by atoms with E-state index < -0.39 is 0 Å². The van der Waals surface area contributed by atoms with Gasteiger partial charge in [-0.3, -0.25) is 9.59 Å². The van der Waals surface area contributed by atoms with Crippen LogP contribution in [0.2, 0.25) is 0 Å². The molecule has 0 saturated heterocycles. The van der Waals surface area contributed by atoms with Gasteiger partial charge in [-0.25, -0.2) is 4.98 Å². The van der Waals surface area contributed by atoms with Crippen molar-refractivity contribution >= 4 is 11.8 Å². The quantitative estimate of drug-likeness (QED) is 0.455. The van der Waals surface area contributed by atoms with Gasteiger partial charge in [0.15, 0.2) is 5.82 Å². The van der Waals surface area contributed by atoms with E-state index in [1.54, 1.807) is 0 Å². The van der Waals surface area contributed by atoms with E-state index in [-0.39, 0.29) is 35.5 Å². The average molecular weight is 451 g/mol. The Kier molecular flexibility index (Phi) is 6.57. The lowest BCUT2D eigenvalue weighted by Crippen LogP contribution is -2.34. The lowest BCUT2D eigenvalue weighted by atomic mass is 10.1. The van der Waals surface area contributed by atoms with Crippen molar-refractivity contribution in [3.05, 3.63) is 42.0 Å². The molecular formula is C24H30N6O3. The Morgan fingerprint density at radius 1 is 1.09 bits per heavy atom. The molecule has 0 radical (unpaired) electrons. The van der Waals surface area contributed by atoms with Gasteiger partial charge in [0, 0.05) is 23.2 Å². The van der Waals surface area contributed by atoms with Crippen LogP contribution in [-0.2, 0) is 0 Å². The molecule has 33 heavy (non-hydrogen) atoms. The summed E-state index contributed by atoms with van der Waals surface area (Å²) in [7, 11) is 0. The lowest BCUT2D eigenvalue weighted by Gasteiger charge is -2.14. The molecule has 2 unspecified atom stereocenters. The fourth-order valence-electron chi connectivity index (χ4n) is 3.86. The number of nitrogens with one attached hydrogen (secondary N) is 3. The zero-order valence-corrected chi connectivity index (χ0v) is 19.4.